The number of hydrogen-bond acceptors (Lipinski definition) is 5. The highest BCUT2D eigenvalue weighted by atomic mass is 16.5. The first kappa shape index (κ1) is 21.9. The van der Waals surface area contributed by atoms with Crippen LogP contribution in [0.25, 0.3) is 0 Å². The van der Waals surface area contributed by atoms with Crippen LogP contribution in [0.4, 0.5) is 5.69 Å². The van der Waals surface area contributed by atoms with E-state index in [1.165, 1.54) is 6.07 Å². The standard InChI is InChI=1S/C22H26N2O5/c1-3-4-7-14-23-20(25)15-29-22(27)18-8-5-6-9-19(18)24-21(26)16-10-12-17(28-2)13-11-16/h5-6,8-13H,3-4,7,14-15H2,1-2H3,(H,23,25)(H,24,26). The van der Waals surface area contributed by atoms with Crippen molar-refractivity contribution in [1.82, 2.24) is 5.32 Å². The van der Waals surface area contributed by atoms with Gasteiger partial charge in [0.2, 0.25) is 0 Å². The number of carbonyl (C=O) groups is 3. The molecule has 7 heteroatoms. The minimum absolute atomic E-state index is 0.174. The molecule has 0 unspecified atom stereocenters. The number of methoxy groups -OCH3 is 1. The van der Waals surface area contributed by atoms with E-state index in [0.717, 1.165) is 19.3 Å². The van der Waals surface area contributed by atoms with Gasteiger partial charge in [-0.3, -0.25) is 9.59 Å². The fourth-order valence-electron chi connectivity index (χ4n) is 2.57. The second-order valence-electron chi connectivity index (χ2n) is 6.36. The first-order valence-corrected chi connectivity index (χ1v) is 9.53. The number of para-hydroxylation sites is 1. The number of esters is 1. The lowest BCUT2D eigenvalue weighted by Crippen LogP contribution is -2.29. The molecule has 0 heterocycles. The monoisotopic (exact) mass is 398 g/mol. The average Bonchev–Trinajstić information content (AvgIpc) is 2.75. The highest BCUT2D eigenvalue weighted by Crippen LogP contribution is 2.18. The number of rotatable bonds is 10. The molecule has 0 bridgehead atoms. The van der Waals surface area contributed by atoms with E-state index in [9.17, 15) is 14.4 Å². The highest BCUT2D eigenvalue weighted by molar-refractivity contribution is 6.08. The van der Waals surface area contributed by atoms with E-state index in [2.05, 4.69) is 17.6 Å². The predicted octanol–water partition coefficient (Wildman–Crippen LogP) is 3.41. The predicted molar refractivity (Wildman–Crippen MR) is 110 cm³/mol. The maximum absolute atomic E-state index is 12.5. The summed E-state index contributed by atoms with van der Waals surface area (Å²) < 4.78 is 10.2. The lowest BCUT2D eigenvalue weighted by atomic mass is 10.1. The number of hydrogen-bond donors (Lipinski definition) is 2. The lowest BCUT2D eigenvalue weighted by molar-refractivity contribution is -0.124. The molecule has 0 saturated carbocycles. The number of benzene rings is 2. The molecular formula is C22H26N2O5. The van der Waals surface area contributed by atoms with E-state index in [1.807, 2.05) is 0 Å². The van der Waals surface area contributed by atoms with Crippen LogP contribution in [-0.4, -0.2) is 38.0 Å². The summed E-state index contributed by atoms with van der Waals surface area (Å²) in [6.07, 6.45) is 2.97. The summed E-state index contributed by atoms with van der Waals surface area (Å²) in [6, 6.07) is 13.1. The van der Waals surface area contributed by atoms with Gasteiger partial charge in [0.25, 0.3) is 11.8 Å². The first-order valence-electron chi connectivity index (χ1n) is 9.53. The number of unbranched alkanes of at least 4 members (excludes halogenated alkanes) is 2. The van der Waals surface area contributed by atoms with Gasteiger partial charge in [0.05, 0.1) is 18.4 Å². The Hall–Kier alpha value is -3.35. The molecule has 29 heavy (non-hydrogen) atoms. The summed E-state index contributed by atoms with van der Waals surface area (Å²) in [4.78, 5) is 36.6. The van der Waals surface area contributed by atoms with Crippen LogP contribution in [0, 0.1) is 0 Å². The van der Waals surface area contributed by atoms with Crippen LogP contribution in [0.15, 0.2) is 48.5 Å². The molecule has 2 amide bonds. The molecule has 0 aliphatic heterocycles. The molecular weight excluding hydrogens is 372 g/mol. The van der Waals surface area contributed by atoms with E-state index in [0.29, 0.717) is 23.5 Å². The van der Waals surface area contributed by atoms with Gasteiger partial charge in [-0.25, -0.2) is 4.79 Å². The number of nitrogens with one attached hydrogen (secondary N) is 2. The molecule has 0 aliphatic rings. The molecule has 0 aliphatic carbocycles. The smallest absolute Gasteiger partial charge is 0.340 e. The van der Waals surface area contributed by atoms with Gasteiger partial charge in [-0.1, -0.05) is 31.9 Å². The first-order chi connectivity index (χ1) is 14.0. The van der Waals surface area contributed by atoms with Crippen molar-refractivity contribution in [3.63, 3.8) is 0 Å². The van der Waals surface area contributed by atoms with Crippen LogP contribution in [-0.2, 0) is 9.53 Å². The third kappa shape index (κ3) is 6.95. The molecule has 2 N–H and O–H groups in total. The topological polar surface area (TPSA) is 93.7 Å². The quantitative estimate of drug-likeness (QED) is 0.472. The second kappa shape index (κ2) is 11.5. The molecule has 0 aromatic heterocycles. The van der Waals surface area contributed by atoms with E-state index >= 15 is 0 Å². The Bertz CT molecular complexity index is 833. The molecule has 0 radical (unpaired) electrons. The van der Waals surface area contributed by atoms with Crippen molar-refractivity contribution in [2.24, 2.45) is 0 Å². The van der Waals surface area contributed by atoms with Crippen molar-refractivity contribution in [2.75, 3.05) is 25.6 Å². The Labute approximate surface area is 170 Å². The Balaban J connectivity index is 1.95. The number of anilines is 1. The van der Waals surface area contributed by atoms with Gasteiger partial charge in [0, 0.05) is 12.1 Å². The fourth-order valence-corrected chi connectivity index (χ4v) is 2.57. The third-order valence-electron chi connectivity index (χ3n) is 4.18. The van der Waals surface area contributed by atoms with Crippen LogP contribution < -0.4 is 15.4 Å². The van der Waals surface area contributed by atoms with Crippen LogP contribution in [0.3, 0.4) is 0 Å². The summed E-state index contributed by atoms with van der Waals surface area (Å²) in [5.74, 6) is -0.770. The Morgan fingerprint density at radius 3 is 2.38 bits per heavy atom. The van der Waals surface area contributed by atoms with Crippen molar-refractivity contribution in [3.8, 4) is 5.75 Å². The normalized spacial score (nSPS) is 10.1. The van der Waals surface area contributed by atoms with E-state index < -0.39 is 5.97 Å². The average molecular weight is 398 g/mol. The van der Waals surface area contributed by atoms with Crippen molar-refractivity contribution < 1.29 is 23.9 Å². The Kier molecular flexibility index (Phi) is 8.69. The fraction of sp³-hybridized carbons (Fsp3) is 0.318. The molecule has 0 spiro atoms. The van der Waals surface area contributed by atoms with Gasteiger partial charge in [-0.05, 0) is 42.8 Å². The molecule has 7 nitrogen and oxygen atoms in total. The van der Waals surface area contributed by atoms with Gasteiger partial charge >= 0.3 is 5.97 Å². The van der Waals surface area contributed by atoms with Crippen molar-refractivity contribution in [1.29, 1.82) is 0 Å². The van der Waals surface area contributed by atoms with Crippen molar-refractivity contribution in [2.45, 2.75) is 26.2 Å². The molecule has 154 valence electrons. The summed E-state index contributed by atoms with van der Waals surface area (Å²) in [5.41, 5.74) is 0.898. The van der Waals surface area contributed by atoms with E-state index in [1.54, 1.807) is 49.6 Å². The number of amides is 2. The molecule has 0 atom stereocenters. The van der Waals surface area contributed by atoms with Gasteiger partial charge in [0.1, 0.15) is 5.75 Å². The van der Waals surface area contributed by atoms with Crippen molar-refractivity contribution >= 4 is 23.5 Å². The minimum Gasteiger partial charge on any atom is -0.497 e. The van der Waals surface area contributed by atoms with Crippen LogP contribution in [0.2, 0.25) is 0 Å². The third-order valence-corrected chi connectivity index (χ3v) is 4.18. The summed E-state index contributed by atoms with van der Waals surface area (Å²) in [6.45, 7) is 2.26. The molecule has 0 fully saturated rings. The van der Waals surface area contributed by atoms with Crippen LogP contribution in [0.5, 0.6) is 5.75 Å². The SMILES string of the molecule is CCCCCNC(=O)COC(=O)c1ccccc1NC(=O)c1ccc(OC)cc1. The number of ether oxygens (including phenoxy) is 2. The summed E-state index contributed by atoms with van der Waals surface area (Å²) in [5, 5.41) is 5.41. The molecule has 2 aromatic rings. The van der Waals surface area contributed by atoms with E-state index in [4.69, 9.17) is 9.47 Å². The van der Waals surface area contributed by atoms with Gasteiger partial charge < -0.3 is 20.1 Å². The van der Waals surface area contributed by atoms with Gasteiger partial charge in [0.15, 0.2) is 6.61 Å². The van der Waals surface area contributed by atoms with Crippen LogP contribution in [0.1, 0.15) is 46.9 Å². The molecule has 2 aromatic carbocycles. The summed E-state index contributed by atoms with van der Waals surface area (Å²) in [7, 11) is 1.54. The maximum Gasteiger partial charge on any atom is 0.340 e. The second-order valence-corrected chi connectivity index (χ2v) is 6.36. The van der Waals surface area contributed by atoms with Crippen molar-refractivity contribution in [3.05, 3.63) is 59.7 Å². The molecule has 0 saturated heterocycles. The van der Waals surface area contributed by atoms with Gasteiger partial charge in [-0.15, -0.1) is 0 Å². The molecule has 2 rings (SSSR count). The highest BCUT2D eigenvalue weighted by Gasteiger charge is 2.16. The number of carbonyl (C=O) groups excluding carboxylic acids is 3. The zero-order chi connectivity index (χ0) is 21.1. The zero-order valence-corrected chi connectivity index (χ0v) is 16.7. The Morgan fingerprint density at radius 1 is 0.966 bits per heavy atom. The summed E-state index contributed by atoms with van der Waals surface area (Å²) >= 11 is 0. The van der Waals surface area contributed by atoms with E-state index in [-0.39, 0.29) is 24.0 Å². The lowest BCUT2D eigenvalue weighted by Gasteiger charge is -2.11. The largest absolute Gasteiger partial charge is 0.497 e. The maximum atomic E-state index is 12.5. The Morgan fingerprint density at radius 2 is 1.69 bits per heavy atom. The van der Waals surface area contributed by atoms with Crippen LogP contribution >= 0.6 is 0 Å². The minimum atomic E-state index is -0.681. The zero-order valence-electron chi connectivity index (χ0n) is 16.7. The van der Waals surface area contributed by atoms with Gasteiger partial charge in [-0.2, -0.15) is 0 Å².